The summed E-state index contributed by atoms with van der Waals surface area (Å²) in [5.74, 6) is -2.25. The first-order valence-corrected chi connectivity index (χ1v) is 9.66. The first-order chi connectivity index (χ1) is 14.4. The molecule has 2 aliphatic heterocycles. The van der Waals surface area contributed by atoms with Gasteiger partial charge in [-0.05, 0) is 36.2 Å². The monoisotopic (exact) mass is 429 g/mol. The molecule has 1 saturated heterocycles. The summed E-state index contributed by atoms with van der Waals surface area (Å²) in [7, 11) is 0. The van der Waals surface area contributed by atoms with Crippen LogP contribution in [-0.4, -0.2) is 41.4 Å². The summed E-state index contributed by atoms with van der Waals surface area (Å²) in [5, 5.41) is 11.5. The number of carbonyl (C=O) groups excluding carboxylic acids is 3. The minimum absolute atomic E-state index is 0.141. The first-order valence-electron chi connectivity index (χ1n) is 9.28. The summed E-state index contributed by atoms with van der Waals surface area (Å²) in [4.78, 5) is 39.0. The van der Waals surface area contributed by atoms with Gasteiger partial charge in [-0.15, -0.1) is 0 Å². The zero-order chi connectivity index (χ0) is 21.4. The molecule has 2 aromatic carbocycles. The van der Waals surface area contributed by atoms with Crippen LogP contribution in [0.4, 0.5) is 15.8 Å². The topological polar surface area (TPSA) is 94.4 Å². The van der Waals surface area contributed by atoms with Crippen molar-refractivity contribution in [3.8, 4) is 0 Å². The molecule has 8 nitrogen and oxygen atoms in total. The van der Waals surface area contributed by atoms with Crippen molar-refractivity contribution in [2.45, 2.75) is 25.4 Å². The molecular formula is C20H17ClFN5O3. The molecular weight excluding hydrogens is 413 g/mol. The number of para-hydroxylation sites is 1. The number of amides is 3. The van der Waals surface area contributed by atoms with Crippen molar-refractivity contribution >= 4 is 40.7 Å². The van der Waals surface area contributed by atoms with Gasteiger partial charge in [-0.2, -0.15) is 5.11 Å². The lowest BCUT2D eigenvalue weighted by Gasteiger charge is -2.20. The standard InChI is InChI=1S/C20H17ClFN5O3/c1-2-11-5-3-4-6-15(11)23-16(28)10-26-18-17(24-25-26)19(29)27(20(18)30)12-7-8-14(22)13(21)9-12/h3-9,17-18H,2,10H2,1H3,(H,23,28)/t17-,18-/m1/s1. The largest absolute Gasteiger partial charge is 0.324 e. The molecule has 1 fully saturated rings. The number of hydrogen-bond donors (Lipinski definition) is 1. The Morgan fingerprint density at radius 1 is 1.20 bits per heavy atom. The van der Waals surface area contributed by atoms with E-state index < -0.39 is 29.7 Å². The van der Waals surface area contributed by atoms with Crippen molar-refractivity contribution in [3.05, 3.63) is 58.9 Å². The van der Waals surface area contributed by atoms with Gasteiger partial charge >= 0.3 is 0 Å². The maximum absolute atomic E-state index is 13.4. The van der Waals surface area contributed by atoms with E-state index in [4.69, 9.17) is 11.6 Å². The molecule has 2 heterocycles. The SMILES string of the molecule is CCc1ccccc1NC(=O)CN1N=N[C@H]2C(=O)N(c3ccc(F)c(Cl)c3)C(=O)[C@@H]21. The number of nitrogens with zero attached hydrogens (tertiary/aromatic N) is 4. The Kier molecular flexibility index (Phi) is 5.21. The highest BCUT2D eigenvalue weighted by Crippen LogP contribution is 2.33. The highest BCUT2D eigenvalue weighted by atomic mass is 35.5. The second-order valence-corrected chi connectivity index (χ2v) is 7.27. The van der Waals surface area contributed by atoms with Gasteiger partial charge in [-0.3, -0.25) is 19.4 Å². The average molecular weight is 430 g/mol. The molecule has 0 aromatic heterocycles. The van der Waals surface area contributed by atoms with E-state index in [1.54, 1.807) is 6.07 Å². The van der Waals surface area contributed by atoms with Crippen molar-refractivity contribution in [2.75, 3.05) is 16.8 Å². The van der Waals surface area contributed by atoms with E-state index in [2.05, 4.69) is 15.7 Å². The van der Waals surface area contributed by atoms with Gasteiger partial charge in [-0.25, -0.2) is 9.29 Å². The van der Waals surface area contributed by atoms with Crippen LogP contribution in [0.25, 0.3) is 0 Å². The predicted octanol–water partition coefficient (Wildman–Crippen LogP) is 2.97. The highest BCUT2D eigenvalue weighted by molar-refractivity contribution is 6.32. The van der Waals surface area contributed by atoms with Gasteiger partial charge in [0.1, 0.15) is 12.4 Å². The fourth-order valence-corrected chi connectivity index (χ4v) is 3.69. The Balaban J connectivity index is 1.50. The van der Waals surface area contributed by atoms with Crippen molar-refractivity contribution in [3.63, 3.8) is 0 Å². The van der Waals surface area contributed by atoms with Gasteiger partial charge in [0, 0.05) is 5.69 Å². The van der Waals surface area contributed by atoms with Gasteiger partial charge in [0.25, 0.3) is 11.8 Å². The fraction of sp³-hybridized carbons (Fsp3) is 0.250. The van der Waals surface area contributed by atoms with Crippen LogP contribution in [0.5, 0.6) is 0 Å². The zero-order valence-corrected chi connectivity index (χ0v) is 16.6. The number of aryl methyl sites for hydroxylation is 1. The van der Waals surface area contributed by atoms with Crippen molar-refractivity contribution in [2.24, 2.45) is 10.3 Å². The number of fused-ring (bicyclic) bond motifs is 1. The molecule has 0 radical (unpaired) electrons. The Morgan fingerprint density at radius 3 is 2.70 bits per heavy atom. The van der Waals surface area contributed by atoms with Crippen LogP contribution in [0.2, 0.25) is 5.02 Å². The molecule has 0 aliphatic carbocycles. The summed E-state index contributed by atoms with van der Waals surface area (Å²) in [5.41, 5.74) is 1.79. The number of benzene rings is 2. The number of rotatable bonds is 5. The Hall–Kier alpha value is -3.33. The highest BCUT2D eigenvalue weighted by Gasteiger charge is 2.55. The Bertz CT molecular complexity index is 1080. The minimum atomic E-state index is -1.06. The van der Waals surface area contributed by atoms with E-state index in [9.17, 15) is 18.8 Å². The Labute approximate surface area is 176 Å². The van der Waals surface area contributed by atoms with Crippen LogP contribution in [-0.2, 0) is 20.8 Å². The van der Waals surface area contributed by atoms with E-state index in [0.717, 1.165) is 23.0 Å². The Morgan fingerprint density at radius 2 is 1.97 bits per heavy atom. The zero-order valence-electron chi connectivity index (χ0n) is 15.9. The maximum atomic E-state index is 13.4. The molecule has 1 N–H and O–H groups in total. The van der Waals surface area contributed by atoms with E-state index in [0.29, 0.717) is 5.69 Å². The number of hydrogen-bond acceptors (Lipinski definition) is 6. The number of carbonyl (C=O) groups is 3. The third-order valence-electron chi connectivity index (χ3n) is 5.00. The van der Waals surface area contributed by atoms with Crippen LogP contribution in [0.1, 0.15) is 12.5 Å². The molecule has 0 bridgehead atoms. The van der Waals surface area contributed by atoms with E-state index >= 15 is 0 Å². The number of halogens is 2. The molecule has 2 aromatic rings. The fourth-order valence-electron chi connectivity index (χ4n) is 3.52. The summed E-state index contributed by atoms with van der Waals surface area (Å²) in [6.45, 7) is 1.73. The second kappa shape index (κ2) is 7.83. The molecule has 0 unspecified atom stereocenters. The molecule has 10 heteroatoms. The minimum Gasteiger partial charge on any atom is -0.324 e. The molecule has 154 valence electrons. The first kappa shape index (κ1) is 20.0. The quantitative estimate of drug-likeness (QED) is 0.739. The van der Waals surface area contributed by atoms with Gasteiger partial charge < -0.3 is 5.32 Å². The van der Waals surface area contributed by atoms with Crippen molar-refractivity contribution in [1.29, 1.82) is 0 Å². The van der Waals surface area contributed by atoms with Crippen LogP contribution in [0, 0.1) is 5.82 Å². The van der Waals surface area contributed by atoms with Gasteiger partial charge in [0.2, 0.25) is 5.91 Å². The smallest absolute Gasteiger partial charge is 0.263 e. The van der Waals surface area contributed by atoms with Gasteiger partial charge in [0.05, 0.1) is 10.7 Å². The van der Waals surface area contributed by atoms with Crippen LogP contribution in [0.15, 0.2) is 52.8 Å². The predicted molar refractivity (Wildman–Crippen MR) is 107 cm³/mol. The van der Waals surface area contributed by atoms with Crippen molar-refractivity contribution in [1.82, 2.24) is 5.01 Å². The molecule has 0 spiro atoms. The molecule has 0 saturated carbocycles. The lowest BCUT2D eigenvalue weighted by molar-refractivity contribution is -0.123. The molecule has 30 heavy (non-hydrogen) atoms. The second-order valence-electron chi connectivity index (χ2n) is 6.86. The van der Waals surface area contributed by atoms with E-state index in [1.165, 1.54) is 17.1 Å². The maximum Gasteiger partial charge on any atom is 0.263 e. The molecule has 3 amide bonds. The summed E-state index contributed by atoms with van der Waals surface area (Å²) < 4.78 is 13.4. The average Bonchev–Trinajstić information content (AvgIpc) is 3.24. The van der Waals surface area contributed by atoms with Gasteiger partial charge in [0.15, 0.2) is 12.1 Å². The molecule has 2 atom stereocenters. The summed E-state index contributed by atoms with van der Waals surface area (Å²) in [6.07, 6.45) is 0.743. The van der Waals surface area contributed by atoms with Crippen molar-refractivity contribution < 1.29 is 18.8 Å². The number of imide groups is 1. The van der Waals surface area contributed by atoms with Crippen LogP contribution >= 0.6 is 11.6 Å². The number of anilines is 2. The summed E-state index contributed by atoms with van der Waals surface area (Å²) >= 11 is 5.78. The van der Waals surface area contributed by atoms with E-state index in [1.807, 2.05) is 25.1 Å². The third-order valence-corrected chi connectivity index (χ3v) is 5.29. The number of nitrogens with one attached hydrogen (secondary N) is 1. The van der Waals surface area contributed by atoms with Gasteiger partial charge in [-0.1, -0.05) is 41.9 Å². The third kappa shape index (κ3) is 3.41. The summed E-state index contributed by atoms with van der Waals surface area (Å²) in [6, 6.07) is 8.85. The molecule has 2 aliphatic rings. The normalized spacial score (nSPS) is 20.1. The lowest BCUT2D eigenvalue weighted by atomic mass is 10.1. The lowest BCUT2D eigenvalue weighted by Crippen LogP contribution is -2.43. The van der Waals surface area contributed by atoms with Crippen LogP contribution < -0.4 is 10.2 Å². The van der Waals surface area contributed by atoms with E-state index in [-0.39, 0.29) is 23.2 Å². The molecule has 4 rings (SSSR count). The van der Waals surface area contributed by atoms with Crippen LogP contribution in [0.3, 0.4) is 0 Å².